The summed E-state index contributed by atoms with van der Waals surface area (Å²) in [6.07, 6.45) is 3.57. The highest BCUT2D eigenvalue weighted by atomic mass is 35.5. The Kier molecular flexibility index (Phi) is 5.93. The summed E-state index contributed by atoms with van der Waals surface area (Å²) in [7, 11) is 3.58. The van der Waals surface area contributed by atoms with Crippen LogP contribution in [0, 0.1) is 0 Å². The zero-order chi connectivity index (χ0) is 20.3. The van der Waals surface area contributed by atoms with Gasteiger partial charge in [0, 0.05) is 50.4 Å². The second-order valence-corrected chi connectivity index (χ2v) is 8.01. The van der Waals surface area contributed by atoms with Crippen molar-refractivity contribution in [3.8, 4) is 0 Å². The molecule has 0 unspecified atom stereocenters. The van der Waals surface area contributed by atoms with Gasteiger partial charge in [0.2, 0.25) is 5.91 Å². The van der Waals surface area contributed by atoms with Crippen LogP contribution < -0.4 is 10.2 Å². The minimum atomic E-state index is -0.185. The maximum absolute atomic E-state index is 12.6. The number of guanidine groups is 1. The molecule has 8 heteroatoms. The van der Waals surface area contributed by atoms with Gasteiger partial charge in [0.05, 0.1) is 11.9 Å². The minimum absolute atomic E-state index is 0.0348. The number of hydrogen-bond acceptors (Lipinski definition) is 3. The third kappa shape index (κ3) is 4.30. The number of aryl methyl sites for hydroxylation is 1. The Morgan fingerprint density at radius 1 is 1.32 bits per heavy atom. The molecule has 0 saturated carbocycles. The predicted molar refractivity (Wildman–Crippen MR) is 113 cm³/mol. The van der Waals surface area contributed by atoms with Crippen LogP contribution in [0.2, 0.25) is 5.02 Å². The number of carbonyl (C=O) groups excluding carboxylic acids is 1. The third-order valence-electron chi connectivity index (χ3n) is 5.03. The number of halogens is 1. The number of amides is 1. The Bertz CT molecular complexity index is 875. The van der Waals surface area contributed by atoms with E-state index in [4.69, 9.17) is 11.6 Å². The zero-order valence-corrected chi connectivity index (χ0v) is 17.6. The van der Waals surface area contributed by atoms with Crippen LogP contribution in [0.15, 0.2) is 41.7 Å². The van der Waals surface area contributed by atoms with Gasteiger partial charge in [0.25, 0.3) is 0 Å². The summed E-state index contributed by atoms with van der Waals surface area (Å²) in [6, 6.07) is 7.88. The van der Waals surface area contributed by atoms with Gasteiger partial charge in [-0.05, 0) is 11.6 Å². The van der Waals surface area contributed by atoms with Crippen LogP contribution in [0.3, 0.4) is 0 Å². The first-order valence-electron chi connectivity index (χ1n) is 9.31. The number of anilines is 1. The summed E-state index contributed by atoms with van der Waals surface area (Å²) in [5, 5.41) is 8.32. The lowest BCUT2D eigenvalue weighted by molar-refractivity contribution is -0.120. The van der Waals surface area contributed by atoms with Gasteiger partial charge in [-0.2, -0.15) is 5.10 Å². The summed E-state index contributed by atoms with van der Waals surface area (Å²) in [4.78, 5) is 20.8. The molecule has 7 nitrogen and oxygen atoms in total. The Labute approximate surface area is 171 Å². The van der Waals surface area contributed by atoms with Crippen LogP contribution in [-0.4, -0.2) is 59.8 Å². The molecule has 1 N–H and O–H groups in total. The van der Waals surface area contributed by atoms with E-state index in [1.165, 1.54) is 0 Å². The molecule has 2 heterocycles. The number of rotatable bonds is 4. The number of carbonyl (C=O) groups is 1. The van der Waals surface area contributed by atoms with Crippen molar-refractivity contribution in [2.75, 3.05) is 38.1 Å². The fourth-order valence-electron chi connectivity index (χ4n) is 3.41. The Balaban J connectivity index is 1.63. The molecule has 0 radical (unpaired) electrons. The van der Waals surface area contributed by atoms with Crippen LogP contribution in [0.1, 0.15) is 19.4 Å². The highest BCUT2D eigenvalue weighted by molar-refractivity contribution is 6.31. The smallest absolute Gasteiger partial charge is 0.246 e. The lowest BCUT2D eigenvalue weighted by Crippen LogP contribution is -2.56. The van der Waals surface area contributed by atoms with E-state index in [2.05, 4.69) is 29.3 Å². The van der Waals surface area contributed by atoms with E-state index >= 15 is 0 Å². The molecular weight excluding hydrogens is 376 g/mol. The SMILES string of the molecule is CN=C(NCC(C)(C)c1ccccc1Cl)N1CCN(c2cnn(C)c2)C(=O)C1. The normalized spacial score (nSPS) is 15.9. The van der Waals surface area contributed by atoms with Crippen LogP contribution in [0.25, 0.3) is 0 Å². The van der Waals surface area contributed by atoms with Crippen LogP contribution in [0.5, 0.6) is 0 Å². The fraction of sp³-hybridized carbons (Fsp3) is 0.450. The van der Waals surface area contributed by atoms with Crippen molar-refractivity contribution < 1.29 is 4.79 Å². The molecule has 150 valence electrons. The Hall–Kier alpha value is -2.54. The van der Waals surface area contributed by atoms with Gasteiger partial charge in [-0.3, -0.25) is 14.5 Å². The third-order valence-corrected chi connectivity index (χ3v) is 5.36. The predicted octanol–water partition coefficient (Wildman–Crippen LogP) is 2.28. The van der Waals surface area contributed by atoms with Crippen LogP contribution in [-0.2, 0) is 17.3 Å². The molecule has 1 aliphatic rings. The Morgan fingerprint density at radius 3 is 2.68 bits per heavy atom. The average Bonchev–Trinajstić information content (AvgIpc) is 3.08. The number of benzene rings is 1. The van der Waals surface area contributed by atoms with E-state index in [-0.39, 0.29) is 17.9 Å². The van der Waals surface area contributed by atoms with Gasteiger partial charge in [-0.15, -0.1) is 0 Å². The van der Waals surface area contributed by atoms with Crippen LogP contribution >= 0.6 is 11.6 Å². The van der Waals surface area contributed by atoms with Crippen molar-refractivity contribution in [3.63, 3.8) is 0 Å². The molecule has 1 saturated heterocycles. The quantitative estimate of drug-likeness (QED) is 0.629. The maximum atomic E-state index is 12.6. The van der Waals surface area contributed by atoms with Crippen molar-refractivity contribution in [3.05, 3.63) is 47.2 Å². The molecule has 0 bridgehead atoms. The molecule has 1 aromatic carbocycles. The zero-order valence-electron chi connectivity index (χ0n) is 16.8. The lowest BCUT2D eigenvalue weighted by atomic mass is 9.84. The van der Waals surface area contributed by atoms with Crippen molar-refractivity contribution in [2.24, 2.45) is 12.0 Å². The van der Waals surface area contributed by atoms with Gasteiger partial charge in [-0.1, -0.05) is 43.6 Å². The highest BCUT2D eigenvalue weighted by Crippen LogP contribution is 2.29. The number of aliphatic imine (C=N–C) groups is 1. The largest absolute Gasteiger partial charge is 0.355 e. The van der Waals surface area contributed by atoms with E-state index in [0.29, 0.717) is 19.6 Å². The summed E-state index contributed by atoms with van der Waals surface area (Å²) in [5.41, 5.74) is 1.72. The first-order valence-corrected chi connectivity index (χ1v) is 9.69. The number of hydrogen-bond donors (Lipinski definition) is 1. The van der Waals surface area contributed by atoms with Crippen LogP contribution in [0.4, 0.5) is 5.69 Å². The monoisotopic (exact) mass is 402 g/mol. The highest BCUT2D eigenvalue weighted by Gasteiger charge is 2.29. The average molecular weight is 403 g/mol. The molecule has 0 atom stereocenters. The lowest BCUT2D eigenvalue weighted by Gasteiger charge is -2.36. The standard InChI is InChI=1S/C20H27ClN6O/c1-20(2,16-7-5-6-8-17(16)21)14-23-19(22-3)26-9-10-27(18(28)13-26)15-11-24-25(4)12-15/h5-8,11-12H,9-10,13-14H2,1-4H3,(H,22,23). The summed E-state index contributed by atoms with van der Waals surface area (Å²) < 4.78 is 1.70. The molecule has 3 rings (SSSR count). The second-order valence-electron chi connectivity index (χ2n) is 7.60. The molecular formula is C20H27ClN6O. The van der Waals surface area contributed by atoms with Crippen molar-refractivity contribution in [1.29, 1.82) is 0 Å². The molecule has 2 aromatic rings. The van der Waals surface area contributed by atoms with E-state index in [1.54, 1.807) is 22.8 Å². The summed E-state index contributed by atoms with van der Waals surface area (Å²) >= 11 is 6.38. The van der Waals surface area contributed by atoms with E-state index in [9.17, 15) is 4.79 Å². The van der Waals surface area contributed by atoms with Crippen molar-refractivity contribution >= 4 is 29.2 Å². The topological polar surface area (TPSA) is 65.8 Å². The molecule has 1 amide bonds. The number of aromatic nitrogens is 2. The number of piperazine rings is 1. The van der Waals surface area contributed by atoms with Crippen molar-refractivity contribution in [2.45, 2.75) is 19.3 Å². The van der Waals surface area contributed by atoms with E-state index < -0.39 is 0 Å². The first-order chi connectivity index (χ1) is 13.3. The molecule has 1 fully saturated rings. The van der Waals surface area contributed by atoms with Gasteiger partial charge < -0.3 is 15.1 Å². The minimum Gasteiger partial charge on any atom is -0.355 e. The van der Waals surface area contributed by atoms with E-state index in [0.717, 1.165) is 22.2 Å². The summed E-state index contributed by atoms with van der Waals surface area (Å²) in [6.45, 7) is 6.51. The molecule has 28 heavy (non-hydrogen) atoms. The van der Waals surface area contributed by atoms with Gasteiger partial charge in [0.15, 0.2) is 5.96 Å². The Morgan fingerprint density at radius 2 is 2.07 bits per heavy atom. The van der Waals surface area contributed by atoms with Crippen molar-refractivity contribution in [1.82, 2.24) is 20.0 Å². The van der Waals surface area contributed by atoms with Gasteiger partial charge in [0.1, 0.15) is 6.54 Å². The second kappa shape index (κ2) is 8.22. The van der Waals surface area contributed by atoms with E-state index in [1.807, 2.05) is 42.4 Å². The fourth-order valence-corrected chi connectivity index (χ4v) is 3.80. The first kappa shape index (κ1) is 20.2. The number of nitrogens with one attached hydrogen (secondary N) is 1. The molecule has 0 aliphatic carbocycles. The van der Waals surface area contributed by atoms with Gasteiger partial charge >= 0.3 is 0 Å². The number of nitrogens with zero attached hydrogens (tertiary/aromatic N) is 5. The molecule has 1 aliphatic heterocycles. The molecule has 0 spiro atoms. The maximum Gasteiger partial charge on any atom is 0.246 e. The summed E-state index contributed by atoms with van der Waals surface area (Å²) in [5.74, 6) is 0.756. The molecule has 1 aromatic heterocycles. The van der Waals surface area contributed by atoms with Gasteiger partial charge in [-0.25, -0.2) is 0 Å².